The van der Waals surface area contributed by atoms with Gasteiger partial charge in [-0.3, -0.25) is 4.79 Å². The first kappa shape index (κ1) is 15.3. The Balaban J connectivity index is 2.95. The van der Waals surface area contributed by atoms with Gasteiger partial charge in [-0.2, -0.15) is 0 Å². The van der Waals surface area contributed by atoms with Crippen LogP contribution < -0.4 is 10.5 Å². The van der Waals surface area contributed by atoms with Gasteiger partial charge in [-0.05, 0) is 32.0 Å². The third-order valence-corrected chi connectivity index (χ3v) is 2.90. The first-order valence-electron chi connectivity index (χ1n) is 6.24. The second kappa shape index (κ2) is 6.99. The molecule has 1 amide bonds. The van der Waals surface area contributed by atoms with Crippen molar-refractivity contribution in [2.45, 2.75) is 19.9 Å². The minimum absolute atomic E-state index is 0.0506. The summed E-state index contributed by atoms with van der Waals surface area (Å²) in [6, 6.07) is 5.16. The lowest BCUT2D eigenvalue weighted by Gasteiger charge is -2.26. The van der Waals surface area contributed by atoms with Gasteiger partial charge in [0.2, 0.25) is 0 Å². The van der Waals surface area contributed by atoms with Crippen LogP contribution in [0.1, 0.15) is 24.2 Å². The molecular formula is C14H22N2O3. The number of rotatable bonds is 6. The fraction of sp³-hybridized carbons (Fsp3) is 0.500. The molecule has 1 aromatic rings. The molecule has 0 aliphatic heterocycles. The molecule has 0 radical (unpaired) electrons. The van der Waals surface area contributed by atoms with Crippen LogP contribution in [-0.2, 0) is 4.74 Å². The zero-order valence-electron chi connectivity index (χ0n) is 12.0. The van der Waals surface area contributed by atoms with Gasteiger partial charge in [0.15, 0.2) is 0 Å². The Labute approximate surface area is 114 Å². The molecule has 1 aromatic carbocycles. The van der Waals surface area contributed by atoms with Crippen molar-refractivity contribution < 1.29 is 14.3 Å². The van der Waals surface area contributed by atoms with Crippen molar-refractivity contribution in [3.8, 4) is 5.75 Å². The van der Waals surface area contributed by atoms with Crippen molar-refractivity contribution in [2.24, 2.45) is 0 Å². The maximum absolute atomic E-state index is 12.4. The van der Waals surface area contributed by atoms with Crippen molar-refractivity contribution in [1.82, 2.24) is 4.90 Å². The fourth-order valence-electron chi connectivity index (χ4n) is 1.79. The average molecular weight is 266 g/mol. The third-order valence-electron chi connectivity index (χ3n) is 2.90. The smallest absolute Gasteiger partial charge is 0.254 e. The minimum Gasteiger partial charge on any atom is -0.495 e. The van der Waals surface area contributed by atoms with E-state index in [2.05, 4.69) is 0 Å². The second-order valence-electron chi connectivity index (χ2n) is 4.54. The number of amides is 1. The van der Waals surface area contributed by atoms with Gasteiger partial charge < -0.3 is 20.1 Å². The van der Waals surface area contributed by atoms with E-state index in [4.69, 9.17) is 15.2 Å². The first-order chi connectivity index (χ1) is 9.01. The minimum atomic E-state index is -0.0506. The SMILES string of the molecule is COCCN(C(=O)c1ccc(N)c(OC)c1)C(C)C. The van der Waals surface area contributed by atoms with Gasteiger partial charge in [0.1, 0.15) is 5.75 Å². The number of benzene rings is 1. The van der Waals surface area contributed by atoms with Gasteiger partial charge in [0.25, 0.3) is 5.91 Å². The lowest BCUT2D eigenvalue weighted by atomic mass is 10.1. The zero-order valence-corrected chi connectivity index (χ0v) is 12.0. The van der Waals surface area contributed by atoms with Crippen LogP contribution in [0.4, 0.5) is 5.69 Å². The van der Waals surface area contributed by atoms with Crippen molar-refractivity contribution in [2.75, 3.05) is 33.1 Å². The molecule has 0 heterocycles. The first-order valence-corrected chi connectivity index (χ1v) is 6.24. The average Bonchev–Trinajstić information content (AvgIpc) is 2.39. The summed E-state index contributed by atoms with van der Waals surface area (Å²) in [4.78, 5) is 14.2. The summed E-state index contributed by atoms with van der Waals surface area (Å²) in [7, 11) is 3.15. The Morgan fingerprint density at radius 3 is 2.58 bits per heavy atom. The van der Waals surface area contributed by atoms with Crippen molar-refractivity contribution in [1.29, 1.82) is 0 Å². The number of carbonyl (C=O) groups is 1. The number of hydrogen-bond acceptors (Lipinski definition) is 4. The Morgan fingerprint density at radius 2 is 2.05 bits per heavy atom. The molecule has 0 atom stereocenters. The number of nitrogens with zero attached hydrogens (tertiary/aromatic N) is 1. The maximum atomic E-state index is 12.4. The number of anilines is 1. The van der Waals surface area contributed by atoms with E-state index in [-0.39, 0.29) is 11.9 Å². The highest BCUT2D eigenvalue weighted by atomic mass is 16.5. The number of hydrogen-bond donors (Lipinski definition) is 1. The molecule has 106 valence electrons. The van der Waals surface area contributed by atoms with Crippen molar-refractivity contribution in [3.05, 3.63) is 23.8 Å². The van der Waals surface area contributed by atoms with E-state index < -0.39 is 0 Å². The van der Waals surface area contributed by atoms with Crippen LogP contribution in [0.2, 0.25) is 0 Å². The maximum Gasteiger partial charge on any atom is 0.254 e. The molecule has 0 fully saturated rings. The molecule has 0 aliphatic rings. The highest BCUT2D eigenvalue weighted by Crippen LogP contribution is 2.23. The molecule has 0 saturated carbocycles. The van der Waals surface area contributed by atoms with E-state index in [0.717, 1.165) is 0 Å². The summed E-state index contributed by atoms with van der Waals surface area (Å²) < 4.78 is 10.2. The molecule has 0 saturated heterocycles. The standard InChI is InChI=1S/C14H22N2O3/c1-10(2)16(7-8-18-3)14(17)11-5-6-12(15)13(9-11)19-4/h5-6,9-10H,7-8,15H2,1-4H3. The summed E-state index contributed by atoms with van der Waals surface area (Å²) in [6.45, 7) is 5.01. The molecule has 0 bridgehead atoms. The molecular weight excluding hydrogens is 244 g/mol. The fourth-order valence-corrected chi connectivity index (χ4v) is 1.79. The van der Waals surface area contributed by atoms with Crippen LogP contribution in [0, 0.1) is 0 Å². The van der Waals surface area contributed by atoms with E-state index in [9.17, 15) is 4.79 Å². The number of ether oxygens (including phenoxy) is 2. The van der Waals surface area contributed by atoms with Crippen molar-refractivity contribution in [3.63, 3.8) is 0 Å². The summed E-state index contributed by atoms with van der Waals surface area (Å²) in [6.07, 6.45) is 0. The number of nitrogens with two attached hydrogens (primary N) is 1. The molecule has 0 unspecified atom stereocenters. The Hall–Kier alpha value is -1.75. The second-order valence-corrected chi connectivity index (χ2v) is 4.54. The Kier molecular flexibility index (Phi) is 5.63. The highest BCUT2D eigenvalue weighted by molar-refractivity contribution is 5.95. The molecule has 19 heavy (non-hydrogen) atoms. The monoisotopic (exact) mass is 266 g/mol. The van der Waals surface area contributed by atoms with Crippen LogP contribution in [0.25, 0.3) is 0 Å². The summed E-state index contributed by atoms with van der Waals surface area (Å²) in [5.74, 6) is 0.464. The summed E-state index contributed by atoms with van der Waals surface area (Å²) in [5.41, 5.74) is 6.83. The van der Waals surface area contributed by atoms with E-state index in [1.54, 1.807) is 30.2 Å². The molecule has 5 nitrogen and oxygen atoms in total. The molecule has 1 rings (SSSR count). The van der Waals surface area contributed by atoms with E-state index >= 15 is 0 Å². The van der Waals surface area contributed by atoms with Crippen LogP contribution in [0.15, 0.2) is 18.2 Å². The van der Waals surface area contributed by atoms with Crippen LogP contribution >= 0.6 is 0 Å². The van der Waals surface area contributed by atoms with Gasteiger partial charge in [-0.1, -0.05) is 0 Å². The van der Waals surface area contributed by atoms with Gasteiger partial charge in [-0.15, -0.1) is 0 Å². The van der Waals surface area contributed by atoms with Gasteiger partial charge in [0.05, 0.1) is 19.4 Å². The van der Waals surface area contributed by atoms with Crippen molar-refractivity contribution >= 4 is 11.6 Å². The van der Waals surface area contributed by atoms with Crippen LogP contribution in [-0.4, -0.2) is 44.2 Å². The normalized spacial score (nSPS) is 10.6. The Morgan fingerprint density at radius 1 is 1.37 bits per heavy atom. The molecule has 0 aromatic heterocycles. The van der Waals surface area contributed by atoms with Gasteiger partial charge in [0, 0.05) is 25.3 Å². The molecule has 0 aliphatic carbocycles. The van der Waals surface area contributed by atoms with Crippen LogP contribution in [0.5, 0.6) is 5.75 Å². The summed E-state index contributed by atoms with van der Waals surface area (Å²) in [5, 5.41) is 0. The van der Waals surface area contributed by atoms with E-state index in [0.29, 0.717) is 30.2 Å². The topological polar surface area (TPSA) is 64.8 Å². The zero-order chi connectivity index (χ0) is 14.4. The third kappa shape index (κ3) is 3.86. The predicted octanol–water partition coefficient (Wildman–Crippen LogP) is 1.77. The number of carbonyl (C=O) groups excluding carboxylic acids is 1. The van der Waals surface area contributed by atoms with Crippen LogP contribution in [0.3, 0.4) is 0 Å². The predicted molar refractivity (Wildman–Crippen MR) is 75.5 cm³/mol. The lowest BCUT2D eigenvalue weighted by Crippen LogP contribution is -2.39. The number of nitrogen functional groups attached to an aromatic ring is 1. The largest absolute Gasteiger partial charge is 0.495 e. The molecule has 0 spiro atoms. The van der Waals surface area contributed by atoms with E-state index in [1.807, 2.05) is 13.8 Å². The molecule has 5 heteroatoms. The quantitative estimate of drug-likeness (QED) is 0.797. The molecule has 2 N–H and O–H groups in total. The number of methoxy groups -OCH3 is 2. The Bertz CT molecular complexity index is 433. The highest BCUT2D eigenvalue weighted by Gasteiger charge is 2.19. The lowest BCUT2D eigenvalue weighted by molar-refractivity contribution is 0.0634. The summed E-state index contributed by atoms with van der Waals surface area (Å²) >= 11 is 0. The van der Waals surface area contributed by atoms with Gasteiger partial charge in [-0.25, -0.2) is 0 Å². The van der Waals surface area contributed by atoms with Gasteiger partial charge >= 0.3 is 0 Å². The van der Waals surface area contributed by atoms with E-state index in [1.165, 1.54) is 7.11 Å².